The zero-order valence-electron chi connectivity index (χ0n) is 30.9. The number of para-hydroxylation sites is 3. The summed E-state index contributed by atoms with van der Waals surface area (Å²) in [6.07, 6.45) is 2.16. The van der Waals surface area contributed by atoms with Crippen molar-refractivity contribution in [3.63, 3.8) is 0 Å². The zero-order chi connectivity index (χ0) is 37.5. The average Bonchev–Trinajstić information content (AvgIpc) is 3.93. The van der Waals surface area contributed by atoms with E-state index in [1.165, 1.54) is 27.4 Å². The Hall–Kier alpha value is -7.34. The van der Waals surface area contributed by atoms with E-state index in [0.29, 0.717) is 0 Å². The molecule has 5 nitrogen and oxygen atoms in total. The summed E-state index contributed by atoms with van der Waals surface area (Å²) < 4.78 is 11.6. The first kappa shape index (κ1) is 32.0. The second-order valence-corrected chi connectivity index (χ2v) is 15.0. The summed E-state index contributed by atoms with van der Waals surface area (Å²) in [6, 6.07) is 67.4. The molecular weight excluding hydrogens is 697 g/mol. The number of furan rings is 1. The molecule has 0 saturated carbocycles. The van der Waals surface area contributed by atoms with E-state index in [4.69, 9.17) is 4.42 Å². The molecule has 1 aliphatic heterocycles. The molecule has 8 aromatic carbocycles. The SMILES string of the molecule is C1=C(c2ccccc2)NC(c2cccc(-n3c4cc5c6ccccc6n(-c6ccccc6)c5cc4c4c5oc6ccccc6c5ccc43)c2)NC1c1ccccc1. The van der Waals surface area contributed by atoms with E-state index >= 15 is 0 Å². The van der Waals surface area contributed by atoms with E-state index < -0.39 is 0 Å². The maximum absolute atomic E-state index is 6.79. The summed E-state index contributed by atoms with van der Waals surface area (Å²) in [6.45, 7) is 0. The molecule has 270 valence electrons. The van der Waals surface area contributed by atoms with E-state index in [-0.39, 0.29) is 12.2 Å². The Balaban J connectivity index is 1.11. The van der Waals surface area contributed by atoms with Crippen molar-refractivity contribution in [2.45, 2.75) is 12.2 Å². The lowest BCUT2D eigenvalue weighted by molar-refractivity contribution is 0.442. The van der Waals surface area contributed by atoms with Gasteiger partial charge in [-0.15, -0.1) is 0 Å². The van der Waals surface area contributed by atoms with E-state index in [1.807, 2.05) is 6.07 Å². The van der Waals surface area contributed by atoms with Gasteiger partial charge in [0, 0.05) is 44.0 Å². The maximum Gasteiger partial charge on any atom is 0.145 e. The van der Waals surface area contributed by atoms with Crippen molar-refractivity contribution in [2.75, 3.05) is 0 Å². The van der Waals surface area contributed by atoms with E-state index in [2.05, 4.69) is 208 Å². The van der Waals surface area contributed by atoms with Crippen molar-refractivity contribution in [1.29, 1.82) is 0 Å². The summed E-state index contributed by atoms with van der Waals surface area (Å²) in [5.41, 5.74) is 13.3. The van der Waals surface area contributed by atoms with Gasteiger partial charge in [-0.05, 0) is 83.4 Å². The molecule has 3 aromatic heterocycles. The molecule has 4 heterocycles. The van der Waals surface area contributed by atoms with Crippen molar-refractivity contribution in [3.05, 3.63) is 211 Å². The third-order valence-corrected chi connectivity index (χ3v) is 11.8. The van der Waals surface area contributed by atoms with Crippen LogP contribution in [0.25, 0.3) is 82.6 Å². The molecule has 0 saturated heterocycles. The number of rotatable bonds is 5. The lowest BCUT2D eigenvalue weighted by Gasteiger charge is -2.33. The Labute approximate surface area is 328 Å². The van der Waals surface area contributed by atoms with Crippen LogP contribution in [0.3, 0.4) is 0 Å². The van der Waals surface area contributed by atoms with Crippen molar-refractivity contribution in [1.82, 2.24) is 19.8 Å². The average molecular weight is 733 g/mol. The van der Waals surface area contributed by atoms with Gasteiger partial charge in [-0.3, -0.25) is 5.32 Å². The van der Waals surface area contributed by atoms with E-state index in [0.717, 1.165) is 71.9 Å². The number of aromatic nitrogens is 2. The van der Waals surface area contributed by atoms with Crippen LogP contribution in [0.2, 0.25) is 0 Å². The van der Waals surface area contributed by atoms with Gasteiger partial charge in [0.15, 0.2) is 0 Å². The molecule has 5 heteroatoms. The Morgan fingerprint density at radius 1 is 0.439 bits per heavy atom. The fraction of sp³-hybridized carbons (Fsp3) is 0.0385. The molecule has 12 rings (SSSR count). The number of hydrogen-bond donors (Lipinski definition) is 2. The Kier molecular flexibility index (Phi) is 7.06. The van der Waals surface area contributed by atoms with Crippen LogP contribution in [0.4, 0.5) is 0 Å². The fourth-order valence-corrected chi connectivity index (χ4v) is 9.19. The molecule has 0 aliphatic carbocycles. The normalized spacial score (nSPS) is 15.9. The number of nitrogens with zero attached hydrogens (tertiary/aromatic N) is 2. The topological polar surface area (TPSA) is 47.1 Å². The minimum atomic E-state index is -0.138. The largest absolute Gasteiger partial charge is 0.455 e. The molecule has 2 atom stereocenters. The molecule has 0 radical (unpaired) electrons. The third-order valence-electron chi connectivity index (χ3n) is 11.8. The maximum atomic E-state index is 6.79. The van der Waals surface area contributed by atoms with E-state index in [9.17, 15) is 0 Å². The summed E-state index contributed by atoms with van der Waals surface area (Å²) in [4.78, 5) is 0. The summed E-state index contributed by atoms with van der Waals surface area (Å²) in [5.74, 6) is 0. The Morgan fingerprint density at radius 3 is 1.93 bits per heavy atom. The van der Waals surface area contributed by atoms with Crippen molar-refractivity contribution < 1.29 is 4.42 Å². The first-order valence-electron chi connectivity index (χ1n) is 19.6. The molecule has 0 amide bonds. The van der Waals surface area contributed by atoms with Gasteiger partial charge in [-0.2, -0.15) is 0 Å². The number of nitrogens with one attached hydrogen (secondary N) is 2. The van der Waals surface area contributed by atoms with Crippen LogP contribution >= 0.6 is 0 Å². The zero-order valence-corrected chi connectivity index (χ0v) is 30.9. The van der Waals surface area contributed by atoms with Gasteiger partial charge in [0.25, 0.3) is 0 Å². The second-order valence-electron chi connectivity index (χ2n) is 15.0. The minimum absolute atomic E-state index is 0.0288. The van der Waals surface area contributed by atoms with Crippen LogP contribution < -0.4 is 10.6 Å². The lowest BCUT2D eigenvalue weighted by Crippen LogP contribution is -2.39. The van der Waals surface area contributed by atoms with Gasteiger partial charge < -0.3 is 18.9 Å². The standard InChI is InChI=1S/C52H36N4O/c1-4-15-33(16-5-1)43-32-44(34-17-6-2-7-18-34)54-52(53-43)35-19-14-22-37(29-35)56-46-28-27-40-39-24-11-13-26-49(39)57-51(40)50(46)42-31-47-41(30-48(42)56)38-23-10-12-25-45(38)55(47)36-20-8-3-9-21-36/h1-32,43,52-54H. The molecule has 0 fully saturated rings. The quantitative estimate of drug-likeness (QED) is 0.185. The first-order valence-corrected chi connectivity index (χ1v) is 19.6. The highest BCUT2D eigenvalue weighted by molar-refractivity contribution is 6.26. The van der Waals surface area contributed by atoms with Crippen LogP contribution in [0, 0.1) is 0 Å². The molecule has 2 unspecified atom stereocenters. The van der Waals surface area contributed by atoms with Crippen molar-refractivity contribution >= 4 is 71.2 Å². The molecule has 2 N–H and O–H groups in total. The van der Waals surface area contributed by atoms with Gasteiger partial charge in [-0.1, -0.05) is 127 Å². The van der Waals surface area contributed by atoms with Crippen LogP contribution in [0.5, 0.6) is 0 Å². The highest BCUT2D eigenvalue weighted by Gasteiger charge is 2.26. The molecule has 57 heavy (non-hydrogen) atoms. The molecular formula is C52H36N4O. The summed E-state index contributed by atoms with van der Waals surface area (Å²) >= 11 is 0. The van der Waals surface area contributed by atoms with Gasteiger partial charge >= 0.3 is 0 Å². The van der Waals surface area contributed by atoms with Crippen molar-refractivity contribution in [3.8, 4) is 11.4 Å². The molecule has 11 aromatic rings. The summed E-state index contributed by atoms with van der Waals surface area (Å²) in [7, 11) is 0. The monoisotopic (exact) mass is 732 g/mol. The second kappa shape index (κ2) is 12.6. The molecule has 0 spiro atoms. The van der Waals surface area contributed by atoms with Gasteiger partial charge in [0.1, 0.15) is 17.3 Å². The number of hydrogen-bond acceptors (Lipinski definition) is 3. The van der Waals surface area contributed by atoms with Gasteiger partial charge in [-0.25, -0.2) is 0 Å². The van der Waals surface area contributed by atoms with Gasteiger partial charge in [0.05, 0.1) is 33.5 Å². The van der Waals surface area contributed by atoms with Crippen molar-refractivity contribution in [2.24, 2.45) is 0 Å². The first-order chi connectivity index (χ1) is 28.3. The fourth-order valence-electron chi connectivity index (χ4n) is 9.19. The van der Waals surface area contributed by atoms with E-state index in [1.54, 1.807) is 0 Å². The van der Waals surface area contributed by atoms with Crippen LogP contribution in [-0.4, -0.2) is 9.13 Å². The highest BCUT2D eigenvalue weighted by atomic mass is 16.3. The summed E-state index contributed by atoms with van der Waals surface area (Å²) in [5, 5.41) is 14.7. The van der Waals surface area contributed by atoms with Crippen LogP contribution in [0.15, 0.2) is 199 Å². The van der Waals surface area contributed by atoms with Crippen LogP contribution in [-0.2, 0) is 0 Å². The molecule has 1 aliphatic rings. The lowest BCUT2D eigenvalue weighted by atomic mass is 9.98. The predicted octanol–water partition coefficient (Wildman–Crippen LogP) is 12.8. The Morgan fingerprint density at radius 2 is 1.09 bits per heavy atom. The minimum Gasteiger partial charge on any atom is -0.455 e. The van der Waals surface area contributed by atoms with Gasteiger partial charge in [0.2, 0.25) is 0 Å². The Bertz CT molecular complexity index is 3360. The molecule has 0 bridgehead atoms. The predicted molar refractivity (Wildman–Crippen MR) is 235 cm³/mol. The highest BCUT2D eigenvalue weighted by Crippen LogP contribution is 2.44. The number of fused-ring (bicyclic) bond motifs is 10. The van der Waals surface area contributed by atoms with Crippen LogP contribution in [0.1, 0.15) is 28.9 Å². The smallest absolute Gasteiger partial charge is 0.145 e. The third kappa shape index (κ3) is 4.99. The number of benzene rings is 8.